The Morgan fingerprint density at radius 1 is 1.07 bits per heavy atom. The Balaban J connectivity index is 1.59. The highest BCUT2D eigenvalue weighted by atomic mass is 35.5. The van der Waals surface area contributed by atoms with E-state index in [4.69, 9.17) is 16.7 Å². The Hall–Kier alpha value is -3.39. The lowest BCUT2D eigenvalue weighted by molar-refractivity contribution is -0.135. The summed E-state index contributed by atoms with van der Waals surface area (Å²) in [5, 5.41) is 14.1. The van der Waals surface area contributed by atoms with E-state index in [0.717, 1.165) is 0 Å². The van der Waals surface area contributed by atoms with Crippen molar-refractivity contribution in [1.29, 1.82) is 0 Å². The van der Waals surface area contributed by atoms with Crippen molar-refractivity contribution < 1.29 is 24.3 Å². The number of amides is 3. The molecule has 0 spiro atoms. The van der Waals surface area contributed by atoms with E-state index in [1.807, 2.05) is 0 Å². The lowest BCUT2D eigenvalue weighted by Gasteiger charge is -2.16. The number of nitrogens with zero attached hydrogens (tertiary/aromatic N) is 1. The fourth-order valence-electron chi connectivity index (χ4n) is 2.96. The van der Waals surface area contributed by atoms with Gasteiger partial charge in [-0.2, -0.15) is 0 Å². The highest BCUT2D eigenvalue weighted by Gasteiger charge is 2.35. The molecule has 1 aliphatic rings. The molecular weight excluding hydrogens is 398 g/mol. The van der Waals surface area contributed by atoms with Crippen molar-refractivity contribution in [2.45, 2.75) is 6.42 Å². The summed E-state index contributed by atoms with van der Waals surface area (Å²) in [6, 6.07) is 12.9. The number of hydrogen-bond donors (Lipinski definition) is 3. The van der Waals surface area contributed by atoms with Gasteiger partial charge in [0.15, 0.2) is 0 Å². The summed E-state index contributed by atoms with van der Waals surface area (Å²) in [5.41, 5.74) is 1.43. The number of rotatable bonds is 6. The quantitative estimate of drug-likeness (QED) is 0.668. The molecule has 0 saturated carbocycles. The molecule has 3 N–H and O–H groups in total. The SMILES string of the molecule is O=C(O)CNC(=O)c1ccc(NC(=O)C2CC(=O)N(c3ccc(Cl)cc3)C2)cc1. The van der Waals surface area contributed by atoms with E-state index >= 15 is 0 Å². The maximum atomic E-state index is 12.5. The van der Waals surface area contributed by atoms with Crippen LogP contribution >= 0.6 is 11.6 Å². The molecule has 2 aromatic carbocycles. The fourth-order valence-corrected chi connectivity index (χ4v) is 3.09. The highest BCUT2D eigenvalue weighted by molar-refractivity contribution is 6.30. The van der Waals surface area contributed by atoms with Crippen LogP contribution in [0, 0.1) is 5.92 Å². The molecule has 3 rings (SSSR count). The van der Waals surface area contributed by atoms with Crippen molar-refractivity contribution in [1.82, 2.24) is 5.32 Å². The van der Waals surface area contributed by atoms with E-state index in [1.54, 1.807) is 41.3 Å². The minimum atomic E-state index is -1.14. The average molecular weight is 416 g/mol. The molecule has 2 aromatic rings. The van der Waals surface area contributed by atoms with Crippen molar-refractivity contribution in [2.75, 3.05) is 23.3 Å². The van der Waals surface area contributed by atoms with E-state index in [9.17, 15) is 19.2 Å². The van der Waals surface area contributed by atoms with Crippen LogP contribution in [0.1, 0.15) is 16.8 Å². The van der Waals surface area contributed by atoms with Gasteiger partial charge in [0, 0.05) is 34.9 Å². The van der Waals surface area contributed by atoms with Gasteiger partial charge in [0.2, 0.25) is 11.8 Å². The molecule has 150 valence electrons. The second kappa shape index (κ2) is 8.74. The Morgan fingerprint density at radius 3 is 2.34 bits per heavy atom. The van der Waals surface area contributed by atoms with Crippen molar-refractivity contribution in [3.8, 4) is 0 Å². The van der Waals surface area contributed by atoms with Gasteiger partial charge >= 0.3 is 5.97 Å². The van der Waals surface area contributed by atoms with Gasteiger partial charge in [0.25, 0.3) is 5.91 Å². The number of carboxylic acid groups (broad SMARTS) is 1. The number of nitrogens with one attached hydrogen (secondary N) is 2. The predicted molar refractivity (Wildman–Crippen MR) is 107 cm³/mol. The van der Waals surface area contributed by atoms with Crippen LogP contribution < -0.4 is 15.5 Å². The summed E-state index contributed by atoms with van der Waals surface area (Å²) in [7, 11) is 0. The number of benzene rings is 2. The normalized spacial score (nSPS) is 15.8. The second-order valence-electron chi connectivity index (χ2n) is 6.52. The van der Waals surface area contributed by atoms with E-state index in [1.165, 1.54) is 12.1 Å². The third kappa shape index (κ3) is 5.11. The van der Waals surface area contributed by atoms with Gasteiger partial charge in [0.05, 0.1) is 5.92 Å². The minimum Gasteiger partial charge on any atom is -0.480 e. The molecule has 1 saturated heterocycles. The van der Waals surface area contributed by atoms with E-state index < -0.39 is 24.3 Å². The van der Waals surface area contributed by atoms with E-state index in [0.29, 0.717) is 16.4 Å². The summed E-state index contributed by atoms with van der Waals surface area (Å²) in [4.78, 5) is 48.7. The molecule has 0 aliphatic carbocycles. The number of halogens is 1. The van der Waals surface area contributed by atoms with E-state index in [2.05, 4.69) is 10.6 Å². The number of hydrogen-bond acceptors (Lipinski definition) is 4. The highest BCUT2D eigenvalue weighted by Crippen LogP contribution is 2.27. The van der Waals surface area contributed by atoms with Crippen LogP contribution in [-0.4, -0.2) is 41.9 Å². The van der Waals surface area contributed by atoms with Crippen LogP contribution in [0.2, 0.25) is 5.02 Å². The summed E-state index contributed by atoms with van der Waals surface area (Å²) in [5.74, 6) is -2.60. The smallest absolute Gasteiger partial charge is 0.322 e. The molecule has 1 aliphatic heterocycles. The zero-order chi connectivity index (χ0) is 21.0. The van der Waals surface area contributed by atoms with Crippen LogP contribution in [0.15, 0.2) is 48.5 Å². The third-order valence-corrected chi connectivity index (χ3v) is 4.70. The molecule has 0 aromatic heterocycles. The van der Waals surface area contributed by atoms with Crippen LogP contribution in [0.25, 0.3) is 0 Å². The van der Waals surface area contributed by atoms with Crippen molar-refractivity contribution >= 4 is 46.7 Å². The van der Waals surface area contributed by atoms with Crippen LogP contribution in [0.4, 0.5) is 11.4 Å². The first kappa shape index (κ1) is 20.3. The van der Waals surface area contributed by atoms with E-state index in [-0.39, 0.29) is 30.3 Å². The maximum absolute atomic E-state index is 12.5. The number of aliphatic carboxylic acids is 1. The summed E-state index contributed by atoms with van der Waals surface area (Å²) >= 11 is 5.87. The predicted octanol–water partition coefficient (Wildman–Crippen LogP) is 2.15. The molecular formula is C20H18ClN3O5. The molecule has 3 amide bonds. The van der Waals surface area contributed by atoms with Gasteiger partial charge in [-0.3, -0.25) is 19.2 Å². The molecule has 9 heteroatoms. The van der Waals surface area contributed by atoms with Gasteiger partial charge in [-0.25, -0.2) is 0 Å². The Bertz CT molecular complexity index is 944. The lowest BCUT2D eigenvalue weighted by Crippen LogP contribution is -2.29. The Labute approximate surface area is 171 Å². The van der Waals surface area contributed by atoms with Crippen LogP contribution in [-0.2, 0) is 14.4 Å². The summed E-state index contributed by atoms with van der Waals surface area (Å²) in [6.45, 7) is -0.209. The molecule has 1 atom stereocenters. The Morgan fingerprint density at radius 2 is 1.72 bits per heavy atom. The number of carbonyl (C=O) groups is 4. The molecule has 1 unspecified atom stereocenters. The first-order chi connectivity index (χ1) is 13.8. The van der Waals surface area contributed by atoms with Crippen LogP contribution in [0.3, 0.4) is 0 Å². The van der Waals surface area contributed by atoms with Gasteiger partial charge < -0.3 is 20.6 Å². The standard InChI is InChI=1S/C20H18ClN3O5/c21-14-3-7-16(8-4-14)24-11-13(9-17(24)25)20(29)23-15-5-1-12(2-6-15)19(28)22-10-18(26)27/h1-8,13H,9-11H2,(H,22,28)(H,23,29)(H,26,27). The minimum absolute atomic E-state index is 0.101. The fraction of sp³-hybridized carbons (Fsp3) is 0.200. The molecule has 0 bridgehead atoms. The Kier molecular flexibility index (Phi) is 6.13. The monoisotopic (exact) mass is 415 g/mol. The molecule has 0 radical (unpaired) electrons. The van der Waals surface area contributed by atoms with Crippen LogP contribution in [0.5, 0.6) is 0 Å². The summed E-state index contributed by atoms with van der Waals surface area (Å²) in [6.07, 6.45) is 0.101. The zero-order valence-corrected chi connectivity index (χ0v) is 16.0. The average Bonchev–Trinajstić information content (AvgIpc) is 3.09. The zero-order valence-electron chi connectivity index (χ0n) is 15.2. The molecule has 1 heterocycles. The summed E-state index contributed by atoms with van der Waals surface area (Å²) < 4.78 is 0. The first-order valence-electron chi connectivity index (χ1n) is 8.80. The number of carboxylic acids is 1. The first-order valence-corrected chi connectivity index (χ1v) is 9.18. The van der Waals surface area contributed by atoms with Crippen molar-refractivity contribution in [3.05, 3.63) is 59.1 Å². The largest absolute Gasteiger partial charge is 0.480 e. The number of carbonyl (C=O) groups excluding carboxylic acids is 3. The number of anilines is 2. The molecule has 1 fully saturated rings. The van der Waals surface area contributed by atoms with Gasteiger partial charge in [-0.1, -0.05) is 11.6 Å². The topological polar surface area (TPSA) is 116 Å². The third-order valence-electron chi connectivity index (χ3n) is 4.45. The van der Waals surface area contributed by atoms with Crippen molar-refractivity contribution in [2.24, 2.45) is 5.92 Å². The molecule has 8 nitrogen and oxygen atoms in total. The maximum Gasteiger partial charge on any atom is 0.322 e. The van der Waals surface area contributed by atoms with Gasteiger partial charge in [-0.15, -0.1) is 0 Å². The lowest BCUT2D eigenvalue weighted by atomic mass is 10.1. The second-order valence-corrected chi connectivity index (χ2v) is 6.96. The van der Waals surface area contributed by atoms with Crippen molar-refractivity contribution in [3.63, 3.8) is 0 Å². The van der Waals surface area contributed by atoms with Gasteiger partial charge in [-0.05, 0) is 48.5 Å². The molecule has 29 heavy (non-hydrogen) atoms. The van der Waals surface area contributed by atoms with Gasteiger partial charge in [0.1, 0.15) is 6.54 Å².